The van der Waals surface area contributed by atoms with Gasteiger partial charge in [-0.15, -0.1) is 0 Å². The molecule has 0 aromatic rings. The molecule has 0 aliphatic rings. The summed E-state index contributed by atoms with van der Waals surface area (Å²) in [6.07, 6.45) is 88.4. The Bertz CT molecular complexity index is 1180. The van der Waals surface area contributed by atoms with Crippen LogP contribution in [0.15, 0.2) is 36.5 Å². The van der Waals surface area contributed by atoms with Gasteiger partial charge in [0, 0.05) is 0 Å². The Morgan fingerprint density at radius 1 is 0.329 bits per heavy atom. The number of aliphatic hydroxyl groups excluding tert-OH is 3. The van der Waals surface area contributed by atoms with Crippen LogP contribution in [-0.4, -0.2) is 46.1 Å². The van der Waals surface area contributed by atoms with E-state index in [2.05, 4.69) is 43.5 Å². The molecule has 3 atom stereocenters. The minimum absolute atomic E-state index is 0.00604. The van der Waals surface area contributed by atoms with E-state index in [1.54, 1.807) is 6.08 Å². The van der Waals surface area contributed by atoms with Gasteiger partial charge in [0.05, 0.1) is 31.3 Å². The maximum atomic E-state index is 12.6. The van der Waals surface area contributed by atoms with E-state index in [4.69, 9.17) is 0 Å². The Morgan fingerprint density at radius 2 is 0.566 bits per heavy atom. The summed E-state index contributed by atoms with van der Waals surface area (Å²) in [5, 5.41) is 33.6. The molecule has 5 nitrogen and oxygen atoms in total. The van der Waals surface area contributed by atoms with Crippen molar-refractivity contribution in [3.63, 3.8) is 0 Å². The molecule has 0 fully saturated rings. The number of aliphatic hydroxyl groups is 3. The van der Waals surface area contributed by atoms with Gasteiger partial charge in [0.1, 0.15) is 0 Å². The van der Waals surface area contributed by atoms with E-state index < -0.39 is 18.2 Å². The van der Waals surface area contributed by atoms with Crippen LogP contribution in [-0.2, 0) is 4.79 Å². The highest BCUT2D eigenvalue weighted by atomic mass is 16.3. The van der Waals surface area contributed by atoms with E-state index in [9.17, 15) is 20.1 Å². The molecule has 0 saturated heterocycles. The van der Waals surface area contributed by atoms with E-state index in [1.165, 1.54) is 321 Å². The number of unbranched alkanes of at least 4 members (excludes halogenated alkanes) is 52. The Morgan fingerprint density at radius 3 is 0.842 bits per heavy atom. The molecule has 5 heteroatoms. The van der Waals surface area contributed by atoms with Gasteiger partial charge < -0.3 is 20.6 Å². The lowest BCUT2D eigenvalue weighted by molar-refractivity contribution is -0.124. The molecule has 0 rings (SSSR count). The average molecular weight is 1070 g/mol. The predicted octanol–water partition coefficient (Wildman–Crippen LogP) is 22.5. The van der Waals surface area contributed by atoms with Crippen LogP contribution in [0.2, 0.25) is 0 Å². The second kappa shape index (κ2) is 66.1. The van der Waals surface area contributed by atoms with E-state index in [-0.39, 0.29) is 18.9 Å². The lowest BCUT2D eigenvalue weighted by Gasteiger charge is -2.21. The van der Waals surface area contributed by atoms with Crippen LogP contribution in [0, 0.1) is 0 Å². The van der Waals surface area contributed by atoms with Gasteiger partial charge in [0.25, 0.3) is 0 Å². The minimum atomic E-state index is -0.961. The number of hydrogen-bond donors (Lipinski definition) is 4. The molecule has 0 aliphatic heterocycles. The van der Waals surface area contributed by atoms with E-state index in [0.717, 1.165) is 38.5 Å². The van der Waals surface area contributed by atoms with Gasteiger partial charge in [-0.05, 0) is 44.9 Å². The summed E-state index contributed by atoms with van der Waals surface area (Å²) >= 11 is 0. The topological polar surface area (TPSA) is 89.8 Å². The van der Waals surface area contributed by atoms with Crippen LogP contribution >= 0.6 is 0 Å². The third kappa shape index (κ3) is 61.8. The lowest BCUT2D eigenvalue weighted by Crippen LogP contribution is -2.45. The van der Waals surface area contributed by atoms with Gasteiger partial charge in [-0.2, -0.15) is 0 Å². The van der Waals surface area contributed by atoms with E-state index >= 15 is 0 Å². The highest BCUT2D eigenvalue weighted by molar-refractivity contribution is 5.76. The first-order valence-corrected chi connectivity index (χ1v) is 34.8. The normalized spacial score (nSPS) is 13.3. The number of rotatable bonds is 65. The van der Waals surface area contributed by atoms with Crippen LogP contribution in [0.3, 0.4) is 0 Å². The lowest BCUT2D eigenvalue weighted by atomic mass is 10.0. The molecule has 0 heterocycles. The highest BCUT2D eigenvalue weighted by Crippen LogP contribution is 2.19. The molecule has 0 aromatic heterocycles. The van der Waals surface area contributed by atoms with Crippen LogP contribution < -0.4 is 5.32 Å². The summed E-state index contributed by atoms with van der Waals surface area (Å²) in [6.45, 7) is 4.25. The number of carbonyl (C=O) groups excluding carboxylic acids is 1. The molecule has 3 unspecified atom stereocenters. The van der Waals surface area contributed by atoms with Gasteiger partial charge in [-0.25, -0.2) is 0 Å². The first-order valence-electron chi connectivity index (χ1n) is 34.8. The van der Waals surface area contributed by atoms with E-state index in [0.29, 0.717) is 6.42 Å². The third-order valence-corrected chi connectivity index (χ3v) is 16.4. The maximum absolute atomic E-state index is 12.6. The van der Waals surface area contributed by atoms with Crippen LogP contribution in [0.1, 0.15) is 386 Å². The van der Waals surface area contributed by atoms with Crippen molar-refractivity contribution in [3.8, 4) is 0 Å². The second-order valence-electron chi connectivity index (χ2n) is 24.1. The van der Waals surface area contributed by atoms with Crippen molar-refractivity contribution in [2.45, 2.75) is 405 Å². The molecule has 76 heavy (non-hydrogen) atoms. The number of nitrogens with one attached hydrogen (secondary N) is 1. The SMILES string of the molecule is CCCCCCCCCCCCCCCC/C=C/CC/C=C/CC/C=C/C(O)C(CO)NC(=O)CC(O)CCCCCCCCCCCCCCCCCCCCCCCCCCCCCCCCCCCCCCC. The largest absolute Gasteiger partial charge is 0.394 e. The zero-order chi connectivity index (χ0) is 55.0. The molecule has 1 amide bonds. The second-order valence-corrected chi connectivity index (χ2v) is 24.1. The van der Waals surface area contributed by atoms with E-state index in [1.807, 2.05) is 6.08 Å². The van der Waals surface area contributed by atoms with Gasteiger partial charge in [0.2, 0.25) is 5.91 Å². The number of amides is 1. The number of hydrogen-bond acceptors (Lipinski definition) is 4. The smallest absolute Gasteiger partial charge is 0.222 e. The molecule has 0 aromatic carbocycles. The number of allylic oxidation sites excluding steroid dienone is 5. The highest BCUT2D eigenvalue weighted by Gasteiger charge is 2.20. The zero-order valence-corrected chi connectivity index (χ0v) is 51.7. The summed E-state index contributed by atoms with van der Waals surface area (Å²) in [4.78, 5) is 12.6. The van der Waals surface area contributed by atoms with Crippen molar-refractivity contribution >= 4 is 5.91 Å². The quantitative estimate of drug-likeness (QED) is 0.0361. The van der Waals surface area contributed by atoms with Crippen LogP contribution in [0.5, 0.6) is 0 Å². The van der Waals surface area contributed by atoms with Gasteiger partial charge in [-0.3, -0.25) is 4.79 Å². The summed E-state index contributed by atoms with van der Waals surface area (Å²) in [7, 11) is 0. The molecule has 0 radical (unpaired) electrons. The fourth-order valence-electron chi connectivity index (χ4n) is 11.1. The standard InChI is InChI=1S/C71H137NO4/c1-3-5-7-9-11-13-15-17-19-21-23-25-27-29-30-31-32-33-34-35-36-37-38-39-40-41-42-44-46-48-50-52-54-56-58-60-62-64-68(74)66-71(76)72-69(67-73)70(75)65-63-61-59-57-55-53-51-49-47-45-43-28-26-24-22-20-18-16-14-12-10-8-6-4-2/h47,49,55,57,63,65,68-70,73-75H,3-46,48,50-54,56,58-62,64,66-67H2,1-2H3,(H,72,76)/b49-47+,57-55+,65-63+. The Labute approximate surface area is 476 Å². The maximum Gasteiger partial charge on any atom is 0.222 e. The van der Waals surface area contributed by atoms with Crippen molar-refractivity contribution in [1.29, 1.82) is 0 Å². The molecule has 450 valence electrons. The van der Waals surface area contributed by atoms with Crippen LogP contribution in [0.4, 0.5) is 0 Å². The zero-order valence-electron chi connectivity index (χ0n) is 51.7. The molecular weight excluding hydrogens is 931 g/mol. The molecule has 0 saturated carbocycles. The van der Waals surface area contributed by atoms with Gasteiger partial charge in [0.15, 0.2) is 0 Å². The minimum Gasteiger partial charge on any atom is -0.394 e. The fraction of sp³-hybridized carbons (Fsp3) is 0.901. The molecule has 0 spiro atoms. The third-order valence-electron chi connectivity index (χ3n) is 16.4. The Balaban J connectivity index is 3.49. The molecule has 4 N–H and O–H groups in total. The van der Waals surface area contributed by atoms with Crippen LogP contribution in [0.25, 0.3) is 0 Å². The molecule has 0 aliphatic carbocycles. The summed E-state index contributed by atoms with van der Waals surface area (Å²) in [6, 6.07) is -0.768. The average Bonchev–Trinajstić information content (AvgIpc) is 3.42. The first kappa shape index (κ1) is 74.6. The molecular formula is C71H137NO4. The van der Waals surface area contributed by atoms with Crippen molar-refractivity contribution in [2.75, 3.05) is 6.61 Å². The van der Waals surface area contributed by atoms with Crippen molar-refractivity contribution in [1.82, 2.24) is 5.32 Å². The fourth-order valence-corrected chi connectivity index (χ4v) is 11.1. The summed E-state index contributed by atoms with van der Waals surface area (Å²) < 4.78 is 0. The Hall–Kier alpha value is -1.43. The van der Waals surface area contributed by atoms with Crippen molar-refractivity contribution < 1.29 is 20.1 Å². The Kier molecular flexibility index (Phi) is 64.8. The predicted molar refractivity (Wildman–Crippen MR) is 338 cm³/mol. The van der Waals surface area contributed by atoms with Gasteiger partial charge >= 0.3 is 0 Å². The number of carbonyl (C=O) groups is 1. The summed E-state index contributed by atoms with van der Waals surface area (Å²) in [5.74, 6) is -0.322. The van der Waals surface area contributed by atoms with Crippen molar-refractivity contribution in [2.24, 2.45) is 0 Å². The first-order chi connectivity index (χ1) is 37.5. The molecule has 0 bridgehead atoms. The monoisotopic (exact) mass is 1070 g/mol. The summed E-state index contributed by atoms with van der Waals surface area (Å²) in [5.41, 5.74) is 0. The van der Waals surface area contributed by atoms with Crippen molar-refractivity contribution in [3.05, 3.63) is 36.5 Å². The van der Waals surface area contributed by atoms with Gasteiger partial charge in [-0.1, -0.05) is 371 Å².